The Kier molecular flexibility index (Phi) is 8.93. The molecule has 0 radical (unpaired) electrons. The molecule has 4 fully saturated rings. The van der Waals surface area contributed by atoms with Gasteiger partial charge in [-0.1, -0.05) is 25.5 Å². The largest absolute Gasteiger partial charge is 0.365 e. The summed E-state index contributed by atoms with van der Waals surface area (Å²) in [5, 5.41) is 3.21. The maximum absolute atomic E-state index is 14.0. The molecule has 1 aromatic heterocycles. The van der Waals surface area contributed by atoms with E-state index < -0.39 is 7.60 Å². The second-order valence-electron chi connectivity index (χ2n) is 13.2. The first-order valence-corrected chi connectivity index (χ1v) is 18.0. The Labute approximate surface area is 245 Å². The van der Waals surface area contributed by atoms with E-state index in [2.05, 4.69) is 17.1 Å². The van der Waals surface area contributed by atoms with E-state index in [-0.39, 0.29) is 17.8 Å². The average Bonchev–Trinajstić information content (AvgIpc) is 2.92. The lowest BCUT2D eigenvalue weighted by Crippen LogP contribution is -2.58. The molecule has 2 aromatic rings. The van der Waals surface area contributed by atoms with Crippen molar-refractivity contribution in [1.29, 1.82) is 0 Å². The van der Waals surface area contributed by atoms with Crippen LogP contribution in [0.15, 0.2) is 29.1 Å². The van der Waals surface area contributed by atoms with Gasteiger partial charge in [0.05, 0.1) is 30.4 Å². The number of anilines is 1. The number of benzene rings is 1. The maximum atomic E-state index is 14.0. The van der Waals surface area contributed by atoms with Crippen LogP contribution in [0.4, 0.5) is 5.82 Å². The molecule has 3 heterocycles. The number of fused-ring (bicyclic) bond motifs is 5. The molecular weight excluding hydrogens is 535 g/mol. The summed E-state index contributed by atoms with van der Waals surface area (Å²) < 4.78 is 25.9. The van der Waals surface area contributed by atoms with Crippen molar-refractivity contribution in [1.82, 2.24) is 14.5 Å². The SMILES string of the molecule is CCOP(=O)(CCNc1nc2ccccc2n(C2C[C@H]3CCC[C@@H](C2)N3C2C[C@H]3CC(C)C[C@@H](C2)C3)c1=O)OCC. The van der Waals surface area contributed by atoms with Gasteiger partial charge in [-0.05, 0) is 102 Å². The molecule has 4 aliphatic rings. The van der Waals surface area contributed by atoms with Crippen LogP contribution in [0.3, 0.4) is 0 Å². The molecule has 8 nitrogen and oxygen atoms in total. The Morgan fingerprint density at radius 2 is 1.56 bits per heavy atom. The molecule has 0 amide bonds. The average molecular weight is 585 g/mol. The van der Waals surface area contributed by atoms with Crippen molar-refractivity contribution in [2.45, 2.75) is 109 Å². The molecule has 3 unspecified atom stereocenters. The van der Waals surface area contributed by atoms with E-state index in [0.717, 1.165) is 47.7 Å². The van der Waals surface area contributed by atoms with E-state index in [1.165, 1.54) is 51.4 Å². The van der Waals surface area contributed by atoms with Gasteiger partial charge in [0.2, 0.25) is 0 Å². The number of rotatable bonds is 10. The normalized spacial score (nSPS) is 32.2. The van der Waals surface area contributed by atoms with Gasteiger partial charge in [-0.2, -0.15) is 0 Å². The van der Waals surface area contributed by atoms with Crippen LogP contribution >= 0.6 is 7.60 Å². The second kappa shape index (κ2) is 12.5. The van der Waals surface area contributed by atoms with Crippen LogP contribution in [0.1, 0.15) is 91.0 Å². The monoisotopic (exact) mass is 584 g/mol. The molecule has 1 N–H and O–H groups in total. The first-order valence-electron chi connectivity index (χ1n) is 16.3. The van der Waals surface area contributed by atoms with E-state index >= 15 is 0 Å². The van der Waals surface area contributed by atoms with Crippen LogP contribution in [-0.2, 0) is 13.6 Å². The minimum atomic E-state index is -3.21. The number of para-hydroxylation sites is 2. The zero-order chi connectivity index (χ0) is 28.6. The summed E-state index contributed by atoms with van der Waals surface area (Å²) in [6.07, 6.45) is 13.0. The van der Waals surface area contributed by atoms with Crippen LogP contribution < -0.4 is 10.9 Å². The third kappa shape index (κ3) is 6.18. The van der Waals surface area contributed by atoms with Gasteiger partial charge >= 0.3 is 7.60 Å². The number of hydrogen-bond acceptors (Lipinski definition) is 7. The molecular formula is C32H49N4O4P. The summed E-state index contributed by atoms with van der Waals surface area (Å²) in [4.78, 5) is 21.7. The first-order chi connectivity index (χ1) is 19.9. The lowest BCUT2D eigenvalue weighted by atomic mass is 9.65. The van der Waals surface area contributed by atoms with Gasteiger partial charge in [-0.3, -0.25) is 14.3 Å². The van der Waals surface area contributed by atoms with E-state index in [9.17, 15) is 9.36 Å². The van der Waals surface area contributed by atoms with Gasteiger partial charge in [0, 0.05) is 30.7 Å². The molecule has 41 heavy (non-hydrogen) atoms. The summed E-state index contributed by atoms with van der Waals surface area (Å²) in [6.45, 7) is 7.01. The lowest BCUT2D eigenvalue weighted by Gasteiger charge is -2.55. The van der Waals surface area contributed by atoms with Crippen LogP contribution in [0.2, 0.25) is 0 Å². The lowest BCUT2D eigenvalue weighted by molar-refractivity contribution is -0.0524. The Morgan fingerprint density at radius 3 is 2.22 bits per heavy atom. The molecule has 1 aromatic carbocycles. The van der Waals surface area contributed by atoms with Crippen LogP contribution in [-0.4, -0.2) is 58.5 Å². The Bertz CT molecular complexity index is 1270. The Balaban J connectivity index is 1.24. The predicted octanol–water partition coefficient (Wildman–Crippen LogP) is 6.85. The fraction of sp³-hybridized carbons (Fsp3) is 0.750. The predicted molar refractivity (Wildman–Crippen MR) is 165 cm³/mol. The van der Waals surface area contributed by atoms with Crippen molar-refractivity contribution in [2.24, 2.45) is 17.8 Å². The highest BCUT2D eigenvalue weighted by Crippen LogP contribution is 2.49. The highest BCUT2D eigenvalue weighted by molar-refractivity contribution is 7.53. The summed E-state index contributed by atoms with van der Waals surface area (Å²) in [6, 6.07) is 9.98. The fourth-order valence-corrected chi connectivity index (χ4v) is 10.6. The van der Waals surface area contributed by atoms with Crippen molar-refractivity contribution in [3.05, 3.63) is 34.6 Å². The Morgan fingerprint density at radius 1 is 0.902 bits per heavy atom. The van der Waals surface area contributed by atoms with Crippen LogP contribution in [0.5, 0.6) is 0 Å². The van der Waals surface area contributed by atoms with Crippen molar-refractivity contribution in [2.75, 3.05) is 31.2 Å². The minimum absolute atomic E-state index is 0.0796. The third-order valence-electron chi connectivity index (χ3n) is 10.3. The second-order valence-corrected chi connectivity index (χ2v) is 15.4. The molecule has 9 heteroatoms. The third-order valence-corrected chi connectivity index (χ3v) is 12.3. The zero-order valence-corrected chi connectivity index (χ0v) is 26.1. The molecule has 2 saturated carbocycles. The zero-order valence-electron chi connectivity index (χ0n) is 25.2. The van der Waals surface area contributed by atoms with E-state index in [4.69, 9.17) is 14.0 Å². The molecule has 0 spiro atoms. The molecule has 2 aliphatic heterocycles. The molecule has 7 atom stereocenters. The first kappa shape index (κ1) is 29.3. The van der Waals surface area contributed by atoms with E-state index in [0.29, 0.717) is 37.7 Å². The van der Waals surface area contributed by atoms with Gasteiger partial charge in [0.15, 0.2) is 5.82 Å². The van der Waals surface area contributed by atoms with Gasteiger partial charge in [0.25, 0.3) is 5.56 Å². The van der Waals surface area contributed by atoms with Crippen molar-refractivity contribution < 1.29 is 13.6 Å². The highest BCUT2D eigenvalue weighted by atomic mass is 31.2. The highest BCUT2D eigenvalue weighted by Gasteiger charge is 2.46. The number of aromatic nitrogens is 2. The number of nitrogens with one attached hydrogen (secondary N) is 1. The van der Waals surface area contributed by atoms with Crippen LogP contribution in [0.25, 0.3) is 11.0 Å². The minimum Gasteiger partial charge on any atom is -0.365 e. The standard InChI is InChI=1S/C32H49N4O4P/c1-4-39-41(38,40-5-2)14-13-33-31-32(37)36(30-12-7-6-11-29(30)34-31)28-20-25-9-8-10-26(21-28)35(25)27-18-23-15-22(3)16-24(17-23)19-27/h6-7,11-12,22-28H,4-5,8-10,13-21H2,1-3H3,(H,33,34)/t22?,23-,24+,25-,26+,27?,28?. The molecule has 2 saturated heterocycles. The summed E-state index contributed by atoms with van der Waals surface area (Å²) >= 11 is 0. The van der Waals surface area contributed by atoms with Crippen LogP contribution in [0, 0.1) is 17.8 Å². The maximum Gasteiger partial charge on any atom is 0.332 e. The van der Waals surface area contributed by atoms with Gasteiger partial charge < -0.3 is 18.9 Å². The molecule has 2 aliphatic carbocycles. The summed E-state index contributed by atoms with van der Waals surface area (Å²) in [5.74, 6) is 3.03. The topological polar surface area (TPSA) is 85.7 Å². The smallest absolute Gasteiger partial charge is 0.332 e. The van der Waals surface area contributed by atoms with E-state index in [1.54, 1.807) is 0 Å². The van der Waals surface area contributed by atoms with Gasteiger partial charge in [-0.15, -0.1) is 0 Å². The van der Waals surface area contributed by atoms with Crippen molar-refractivity contribution >= 4 is 24.4 Å². The fourth-order valence-electron chi connectivity index (χ4n) is 9.09. The number of nitrogens with zero attached hydrogens (tertiary/aromatic N) is 3. The van der Waals surface area contributed by atoms with Crippen molar-refractivity contribution in [3.63, 3.8) is 0 Å². The molecule has 6 rings (SSSR count). The van der Waals surface area contributed by atoms with E-state index in [1.807, 2.05) is 42.7 Å². The number of piperidine rings is 2. The summed E-state index contributed by atoms with van der Waals surface area (Å²) in [5.41, 5.74) is 1.65. The summed E-state index contributed by atoms with van der Waals surface area (Å²) in [7, 11) is -3.21. The molecule has 4 bridgehead atoms. The molecule has 226 valence electrons. The van der Waals surface area contributed by atoms with Crippen molar-refractivity contribution in [3.8, 4) is 0 Å². The Hall–Kier alpha value is -1.73. The van der Waals surface area contributed by atoms with Gasteiger partial charge in [-0.25, -0.2) is 4.98 Å². The van der Waals surface area contributed by atoms with Gasteiger partial charge in [0.1, 0.15) is 0 Å². The number of hydrogen-bond donors (Lipinski definition) is 1. The quantitative estimate of drug-likeness (QED) is 0.306.